The number of H-pyrrole nitrogens is 1. The summed E-state index contributed by atoms with van der Waals surface area (Å²) in [6.07, 6.45) is 0.499. The summed E-state index contributed by atoms with van der Waals surface area (Å²) < 4.78 is 5.21. The van der Waals surface area contributed by atoms with Gasteiger partial charge in [0.25, 0.3) is 5.56 Å². The minimum absolute atomic E-state index is 0.215. The second-order valence-corrected chi connectivity index (χ2v) is 6.06. The van der Waals surface area contributed by atoms with Crippen molar-refractivity contribution in [2.75, 3.05) is 0 Å². The number of carbonyl (C=O) groups excluding carboxylic acids is 1. The smallest absolute Gasteiger partial charge is 0.329 e. The number of carbonyl (C=O) groups is 1. The molecule has 2 aromatic carbocycles. The van der Waals surface area contributed by atoms with Gasteiger partial charge in [-0.15, -0.1) is 11.6 Å². The molecule has 0 radical (unpaired) electrons. The number of alkyl halides is 1. The van der Waals surface area contributed by atoms with Crippen LogP contribution in [-0.2, 0) is 11.2 Å². The molecule has 0 aliphatic rings. The van der Waals surface area contributed by atoms with Crippen molar-refractivity contribution in [3.8, 4) is 5.75 Å². The van der Waals surface area contributed by atoms with Crippen LogP contribution in [0.1, 0.15) is 18.2 Å². The summed E-state index contributed by atoms with van der Waals surface area (Å²) in [7, 11) is 0. The van der Waals surface area contributed by atoms with Gasteiger partial charge in [-0.25, -0.2) is 5.10 Å². The van der Waals surface area contributed by atoms with Crippen LogP contribution in [0.5, 0.6) is 5.75 Å². The van der Waals surface area contributed by atoms with E-state index < -0.39 is 11.3 Å². The number of benzene rings is 2. The molecular formula is C18H15ClN2O3. The molecule has 0 saturated carbocycles. The van der Waals surface area contributed by atoms with Crippen molar-refractivity contribution in [2.24, 2.45) is 0 Å². The van der Waals surface area contributed by atoms with Crippen LogP contribution in [0.3, 0.4) is 0 Å². The van der Waals surface area contributed by atoms with E-state index in [0.29, 0.717) is 17.6 Å². The Morgan fingerprint density at radius 3 is 2.71 bits per heavy atom. The van der Waals surface area contributed by atoms with Gasteiger partial charge < -0.3 is 4.74 Å². The van der Waals surface area contributed by atoms with Gasteiger partial charge in [0, 0.05) is 11.8 Å². The summed E-state index contributed by atoms with van der Waals surface area (Å²) >= 11 is 5.71. The number of nitrogens with one attached hydrogen (secondary N) is 1. The normalized spacial score (nSPS) is 12.1. The Hall–Kier alpha value is -2.66. The van der Waals surface area contributed by atoms with Gasteiger partial charge in [0.05, 0.1) is 11.1 Å². The van der Waals surface area contributed by atoms with Crippen LogP contribution >= 0.6 is 11.6 Å². The molecule has 0 saturated heterocycles. The number of nitrogens with zero attached hydrogens (tertiary/aromatic N) is 1. The highest BCUT2D eigenvalue weighted by molar-refractivity contribution is 6.29. The third-order valence-corrected chi connectivity index (χ3v) is 3.77. The lowest BCUT2D eigenvalue weighted by Gasteiger charge is -2.08. The molecule has 24 heavy (non-hydrogen) atoms. The lowest BCUT2D eigenvalue weighted by atomic mass is 10.0. The molecule has 0 bridgehead atoms. The van der Waals surface area contributed by atoms with Gasteiger partial charge in [0.1, 0.15) is 11.1 Å². The Labute approximate surface area is 143 Å². The van der Waals surface area contributed by atoms with E-state index in [2.05, 4.69) is 10.2 Å². The van der Waals surface area contributed by atoms with Gasteiger partial charge in [-0.3, -0.25) is 9.59 Å². The fourth-order valence-electron chi connectivity index (χ4n) is 2.42. The Bertz CT molecular complexity index is 950. The van der Waals surface area contributed by atoms with Crippen molar-refractivity contribution in [3.05, 3.63) is 70.1 Å². The molecule has 1 aromatic heterocycles. The molecule has 3 rings (SSSR count). The van der Waals surface area contributed by atoms with E-state index in [1.165, 1.54) is 0 Å². The third-order valence-electron chi connectivity index (χ3n) is 3.59. The number of aromatic nitrogens is 2. The lowest BCUT2D eigenvalue weighted by Crippen LogP contribution is -2.17. The van der Waals surface area contributed by atoms with Crippen LogP contribution in [0.4, 0.5) is 0 Å². The largest absolute Gasteiger partial charge is 0.425 e. The first-order valence-electron chi connectivity index (χ1n) is 7.45. The van der Waals surface area contributed by atoms with Crippen LogP contribution in [0.25, 0.3) is 10.8 Å². The number of fused-ring (bicyclic) bond motifs is 1. The predicted octanol–water partition coefficient (Wildman–Crippen LogP) is 3.05. The number of halogens is 1. The van der Waals surface area contributed by atoms with Crippen molar-refractivity contribution < 1.29 is 9.53 Å². The van der Waals surface area contributed by atoms with E-state index >= 15 is 0 Å². The second-order valence-electron chi connectivity index (χ2n) is 5.41. The standard InChI is InChI=1S/C18H15ClN2O3/c1-11(19)18(23)24-13-6-4-5-12(9-13)10-16-14-7-2-3-8-15(14)17(22)21-20-16/h2-9,11H,10H2,1H3,(H,21,22). The number of hydrogen-bond acceptors (Lipinski definition) is 4. The summed E-state index contributed by atoms with van der Waals surface area (Å²) in [5, 5.41) is 7.36. The van der Waals surface area contributed by atoms with E-state index in [-0.39, 0.29) is 5.56 Å². The first-order valence-corrected chi connectivity index (χ1v) is 7.89. The molecule has 122 valence electrons. The Morgan fingerprint density at radius 2 is 1.96 bits per heavy atom. The topological polar surface area (TPSA) is 72.0 Å². The summed E-state index contributed by atoms with van der Waals surface area (Å²) in [5.74, 6) is -0.0693. The van der Waals surface area contributed by atoms with Crippen LogP contribution in [-0.4, -0.2) is 21.5 Å². The SMILES string of the molecule is CC(Cl)C(=O)Oc1cccc(Cc2n[nH]c(=O)c3ccccc23)c1. The van der Waals surface area contributed by atoms with Crippen LogP contribution in [0, 0.1) is 0 Å². The number of esters is 1. The molecule has 0 spiro atoms. The van der Waals surface area contributed by atoms with Crippen molar-refractivity contribution in [1.82, 2.24) is 10.2 Å². The second kappa shape index (κ2) is 6.84. The van der Waals surface area contributed by atoms with Crippen molar-refractivity contribution in [2.45, 2.75) is 18.7 Å². The highest BCUT2D eigenvalue weighted by Gasteiger charge is 2.12. The third kappa shape index (κ3) is 3.46. The quantitative estimate of drug-likeness (QED) is 0.449. The number of hydrogen-bond donors (Lipinski definition) is 1. The van der Waals surface area contributed by atoms with E-state index in [0.717, 1.165) is 16.6 Å². The molecule has 0 amide bonds. The van der Waals surface area contributed by atoms with Crippen LogP contribution < -0.4 is 10.3 Å². The van der Waals surface area contributed by atoms with Crippen molar-refractivity contribution in [1.29, 1.82) is 0 Å². The monoisotopic (exact) mass is 342 g/mol. The van der Waals surface area contributed by atoms with E-state index in [4.69, 9.17) is 16.3 Å². The first kappa shape index (κ1) is 16.2. The van der Waals surface area contributed by atoms with Crippen molar-refractivity contribution >= 4 is 28.3 Å². The highest BCUT2D eigenvalue weighted by atomic mass is 35.5. The number of rotatable bonds is 4. The molecule has 1 atom stereocenters. The fourth-order valence-corrected chi connectivity index (χ4v) is 2.46. The molecule has 1 heterocycles. The zero-order chi connectivity index (χ0) is 17.1. The number of aromatic amines is 1. The van der Waals surface area contributed by atoms with E-state index in [1.54, 1.807) is 31.2 Å². The van der Waals surface area contributed by atoms with Gasteiger partial charge >= 0.3 is 5.97 Å². The minimum atomic E-state index is -0.710. The van der Waals surface area contributed by atoms with Gasteiger partial charge in [-0.1, -0.05) is 30.3 Å². The van der Waals surface area contributed by atoms with Gasteiger partial charge in [-0.05, 0) is 30.7 Å². The van der Waals surface area contributed by atoms with E-state index in [1.807, 2.05) is 24.3 Å². The zero-order valence-electron chi connectivity index (χ0n) is 13.0. The summed E-state index contributed by atoms with van der Waals surface area (Å²) in [6, 6.07) is 14.5. The maximum atomic E-state index is 11.8. The lowest BCUT2D eigenvalue weighted by molar-refractivity contribution is -0.133. The van der Waals surface area contributed by atoms with Gasteiger partial charge in [0.2, 0.25) is 0 Å². The molecule has 0 fully saturated rings. The van der Waals surface area contributed by atoms with Crippen LogP contribution in [0.15, 0.2) is 53.3 Å². The Kier molecular flexibility index (Phi) is 4.62. The van der Waals surface area contributed by atoms with E-state index in [9.17, 15) is 9.59 Å². The van der Waals surface area contributed by atoms with Gasteiger partial charge in [0.15, 0.2) is 0 Å². The average molecular weight is 343 g/mol. The highest BCUT2D eigenvalue weighted by Crippen LogP contribution is 2.20. The molecule has 0 aliphatic heterocycles. The fraction of sp³-hybridized carbons (Fsp3) is 0.167. The molecule has 3 aromatic rings. The molecule has 1 N–H and O–H groups in total. The molecular weight excluding hydrogens is 328 g/mol. The summed E-state index contributed by atoms with van der Waals surface area (Å²) in [6.45, 7) is 1.56. The molecule has 1 unspecified atom stereocenters. The minimum Gasteiger partial charge on any atom is -0.425 e. The Balaban J connectivity index is 1.91. The zero-order valence-corrected chi connectivity index (χ0v) is 13.7. The van der Waals surface area contributed by atoms with Crippen LogP contribution in [0.2, 0.25) is 0 Å². The molecule has 5 nitrogen and oxygen atoms in total. The summed E-state index contributed by atoms with van der Waals surface area (Å²) in [4.78, 5) is 23.4. The number of ether oxygens (including phenoxy) is 1. The summed E-state index contributed by atoms with van der Waals surface area (Å²) in [5.41, 5.74) is 1.44. The molecule has 0 aliphatic carbocycles. The first-order chi connectivity index (χ1) is 11.5. The van der Waals surface area contributed by atoms with Gasteiger partial charge in [-0.2, -0.15) is 5.10 Å². The predicted molar refractivity (Wildman–Crippen MR) is 92.6 cm³/mol. The maximum Gasteiger partial charge on any atom is 0.329 e. The van der Waals surface area contributed by atoms with Crippen molar-refractivity contribution in [3.63, 3.8) is 0 Å². The average Bonchev–Trinajstić information content (AvgIpc) is 2.58. The molecule has 6 heteroatoms. The maximum absolute atomic E-state index is 11.8. The Morgan fingerprint density at radius 1 is 1.21 bits per heavy atom.